The standard InChI is InChI=1S/C34H42OS4/c1-5-8-9-10-11-12-21-35-30(14-6-2)33-23-26-15-13-16-27(18-20-31(26)39-33)38-34-25(4)37-32-24-28(36-22-7-3)17-19-29(32)34/h6-7,14-17,19-20,22-25,34H,2,5,8-13,18,21H2,1,3-4H3/b22-7-,26-15+,27-16+,30-14-,31-20+. The van der Waals surface area contributed by atoms with Gasteiger partial charge in [-0.3, -0.25) is 0 Å². The summed E-state index contributed by atoms with van der Waals surface area (Å²) < 4.78 is 7.60. The van der Waals surface area contributed by atoms with Gasteiger partial charge in [0, 0.05) is 24.8 Å². The number of ether oxygens (including phenoxy) is 1. The Morgan fingerprint density at radius 3 is 2.77 bits per heavy atom. The van der Waals surface area contributed by atoms with Crippen LogP contribution in [-0.2, 0) is 4.74 Å². The Hall–Kier alpha value is -1.53. The van der Waals surface area contributed by atoms with Crippen LogP contribution in [0.2, 0.25) is 0 Å². The lowest BCUT2D eigenvalue weighted by Crippen LogP contribution is -2.18. The molecule has 4 rings (SSSR count). The lowest BCUT2D eigenvalue weighted by atomic mass is 10.1. The lowest BCUT2D eigenvalue weighted by Gasteiger charge is -2.17. The van der Waals surface area contributed by atoms with Gasteiger partial charge in [0.15, 0.2) is 0 Å². The number of benzene rings is 1. The molecule has 208 valence electrons. The van der Waals surface area contributed by atoms with Gasteiger partial charge in [-0.05, 0) is 71.6 Å². The summed E-state index contributed by atoms with van der Waals surface area (Å²) in [6, 6.07) is 9.31. The maximum atomic E-state index is 6.25. The van der Waals surface area contributed by atoms with Crippen molar-refractivity contribution in [2.45, 2.75) is 92.4 Å². The van der Waals surface area contributed by atoms with Crippen molar-refractivity contribution in [1.29, 1.82) is 0 Å². The molecule has 0 saturated carbocycles. The van der Waals surface area contributed by atoms with Crippen LogP contribution in [-0.4, -0.2) is 11.9 Å². The van der Waals surface area contributed by atoms with Gasteiger partial charge in [-0.15, -0.1) is 34.9 Å². The van der Waals surface area contributed by atoms with E-state index in [-0.39, 0.29) is 0 Å². The summed E-state index contributed by atoms with van der Waals surface area (Å²) in [6.45, 7) is 11.4. The smallest absolute Gasteiger partial charge is 0.136 e. The van der Waals surface area contributed by atoms with E-state index in [4.69, 9.17) is 4.74 Å². The third-order valence-corrected chi connectivity index (χ3v) is 12.0. The zero-order valence-corrected chi connectivity index (χ0v) is 26.9. The average Bonchev–Trinajstić information content (AvgIpc) is 3.46. The molecule has 0 bridgehead atoms. The van der Waals surface area contributed by atoms with Crippen molar-refractivity contribution >= 4 is 64.5 Å². The molecule has 2 aromatic rings. The maximum absolute atomic E-state index is 6.25. The molecule has 0 fully saturated rings. The minimum Gasteiger partial charge on any atom is -0.492 e. The highest BCUT2D eigenvalue weighted by Crippen LogP contribution is 2.53. The van der Waals surface area contributed by atoms with Crippen LogP contribution in [0, 0.1) is 0 Å². The van der Waals surface area contributed by atoms with E-state index in [0.29, 0.717) is 10.5 Å². The molecule has 5 heteroatoms. The summed E-state index contributed by atoms with van der Waals surface area (Å²) in [6.07, 6.45) is 22.8. The van der Waals surface area contributed by atoms with E-state index < -0.39 is 0 Å². The summed E-state index contributed by atoms with van der Waals surface area (Å²) in [5, 5.41) is 4.56. The van der Waals surface area contributed by atoms with E-state index in [0.717, 1.165) is 31.6 Å². The Kier molecular flexibility index (Phi) is 12.5. The average molecular weight is 595 g/mol. The van der Waals surface area contributed by atoms with E-state index in [1.807, 2.05) is 35.3 Å². The molecule has 0 saturated heterocycles. The zero-order chi connectivity index (χ0) is 27.5. The SMILES string of the molecule is C=C/C=C(\OCCCCCCCC)c1cc2/c(s1)=C\C/C(SC1c3ccc(S/C=C\C)cc3SC1C)=C\C/C=2. The lowest BCUT2D eigenvalue weighted by molar-refractivity contribution is 0.267. The fourth-order valence-corrected chi connectivity index (χ4v) is 9.44. The van der Waals surface area contributed by atoms with E-state index in [9.17, 15) is 0 Å². The fourth-order valence-electron chi connectivity index (χ4n) is 4.83. The largest absolute Gasteiger partial charge is 0.492 e. The Morgan fingerprint density at radius 2 is 1.95 bits per heavy atom. The van der Waals surface area contributed by atoms with Crippen LogP contribution in [0.25, 0.3) is 17.9 Å². The summed E-state index contributed by atoms with van der Waals surface area (Å²) in [5.74, 6) is 0.958. The third-order valence-electron chi connectivity index (χ3n) is 6.88. The van der Waals surface area contributed by atoms with Crippen molar-refractivity contribution < 1.29 is 4.74 Å². The quantitative estimate of drug-likeness (QED) is 0.0931. The first-order valence-electron chi connectivity index (χ1n) is 14.3. The third kappa shape index (κ3) is 8.73. The number of hydrogen-bond acceptors (Lipinski definition) is 5. The molecule has 2 aliphatic rings. The van der Waals surface area contributed by atoms with Crippen LogP contribution < -0.4 is 9.75 Å². The van der Waals surface area contributed by atoms with Gasteiger partial charge in [0.25, 0.3) is 0 Å². The van der Waals surface area contributed by atoms with Gasteiger partial charge >= 0.3 is 0 Å². The Morgan fingerprint density at radius 1 is 1.10 bits per heavy atom. The molecule has 2 unspecified atom stereocenters. The Balaban J connectivity index is 1.40. The summed E-state index contributed by atoms with van der Waals surface area (Å²) >= 11 is 7.74. The number of rotatable bonds is 14. The van der Waals surface area contributed by atoms with Crippen molar-refractivity contribution in [3.05, 3.63) is 85.7 Å². The zero-order valence-electron chi connectivity index (χ0n) is 23.6. The molecule has 1 aromatic heterocycles. The van der Waals surface area contributed by atoms with Crippen LogP contribution in [0.4, 0.5) is 0 Å². The molecule has 0 amide bonds. The first-order chi connectivity index (χ1) is 19.1. The predicted octanol–water partition coefficient (Wildman–Crippen LogP) is 10.5. The molecule has 2 atom stereocenters. The van der Waals surface area contributed by atoms with Gasteiger partial charge < -0.3 is 4.74 Å². The Labute approximate surface area is 252 Å². The first kappa shape index (κ1) is 30.4. The second-order valence-corrected chi connectivity index (χ2v) is 14.7. The van der Waals surface area contributed by atoms with Crippen molar-refractivity contribution in [1.82, 2.24) is 0 Å². The molecule has 1 nitrogen and oxygen atoms in total. The first-order valence-corrected chi connectivity index (χ1v) is 17.8. The van der Waals surface area contributed by atoms with E-state index in [2.05, 4.69) is 93.1 Å². The monoisotopic (exact) mass is 594 g/mol. The number of thiophene rings is 1. The number of hydrogen-bond donors (Lipinski definition) is 0. The van der Waals surface area contributed by atoms with Crippen LogP contribution in [0.5, 0.6) is 0 Å². The summed E-state index contributed by atoms with van der Waals surface area (Å²) in [4.78, 5) is 5.46. The number of unbranched alkanes of at least 4 members (excludes halogenated alkanes) is 5. The Bertz CT molecular complexity index is 1310. The topological polar surface area (TPSA) is 9.23 Å². The van der Waals surface area contributed by atoms with Crippen molar-refractivity contribution in [2.75, 3.05) is 6.61 Å². The molecule has 1 aliphatic heterocycles. The van der Waals surface area contributed by atoms with Gasteiger partial charge in [-0.2, -0.15) is 0 Å². The van der Waals surface area contributed by atoms with Gasteiger partial charge in [-0.1, -0.05) is 101 Å². The second-order valence-electron chi connectivity index (χ2n) is 9.98. The number of thioether (sulfide) groups is 3. The molecular formula is C34H42OS4. The van der Waals surface area contributed by atoms with Crippen molar-refractivity contribution in [3.63, 3.8) is 0 Å². The molecule has 39 heavy (non-hydrogen) atoms. The highest BCUT2D eigenvalue weighted by molar-refractivity contribution is 8.06. The maximum Gasteiger partial charge on any atom is 0.136 e. The molecule has 1 aromatic carbocycles. The second kappa shape index (κ2) is 16.0. The minimum absolute atomic E-state index is 0.501. The van der Waals surface area contributed by atoms with Gasteiger partial charge in [0.1, 0.15) is 5.76 Å². The van der Waals surface area contributed by atoms with E-state index in [1.165, 1.54) is 67.0 Å². The molecule has 2 heterocycles. The van der Waals surface area contributed by atoms with Gasteiger partial charge in [0.05, 0.1) is 11.5 Å². The molecule has 1 aliphatic carbocycles. The number of allylic oxidation sites excluding steroid dienone is 5. The van der Waals surface area contributed by atoms with Crippen LogP contribution in [0.1, 0.15) is 87.8 Å². The van der Waals surface area contributed by atoms with E-state index in [1.54, 1.807) is 11.8 Å². The fraction of sp³-hybridized carbons (Fsp3) is 0.412. The minimum atomic E-state index is 0.501. The molecule has 0 spiro atoms. The van der Waals surface area contributed by atoms with Gasteiger partial charge in [-0.25, -0.2) is 0 Å². The van der Waals surface area contributed by atoms with Crippen LogP contribution >= 0.6 is 46.6 Å². The molecule has 0 radical (unpaired) electrons. The van der Waals surface area contributed by atoms with Gasteiger partial charge in [0.2, 0.25) is 0 Å². The van der Waals surface area contributed by atoms with E-state index >= 15 is 0 Å². The molecule has 0 N–H and O–H groups in total. The summed E-state index contributed by atoms with van der Waals surface area (Å²) in [5.41, 5.74) is 1.50. The van der Waals surface area contributed by atoms with Crippen molar-refractivity contribution in [2.24, 2.45) is 0 Å². The van der Waals surface area contributed by atoms with Crippen LogP contribution in [0.15, 0.2) is 75.3 Å². The highest BCUT2D eigenvalue weighted by atomic mass is 32.2. The highest BCUT2D eigenvalue weighted by Gasteiger charge is 2.31. The normalized spacial score (nSPS) is 22.0. The van der Waals surface area contributed by atoms with Crippen LogP contribution in [0.3, 0.4) is 0 Å². The van der Waals surface area contributed by atoms with Crippen molar-refractivity contribution in [3.8, 4) is 0 Å². The molecular weight excluding hydrogens is 553 g/mol. The predicted molar refractivity (Wildman–Crippen MR) is 180 cm³/mol. The summed E-state index contributed by atoms with van der Waals surface area (Å²) in [7, 11) is 0. The number of fused-ring (bicyclic) bond motifs is 2.